The van der Waals surface area contributed by atoms with Crippen LogP contribution in [0, 0.1) is 5.41 Å². The fraction of sp³-hybridized carbons (Fsp3) is 0.500. The number of carbonyl (C=O) groups excluding carboxylic acids is 1. The van der Waals surface area contributed by atoms with Gasteiger partial charge in [0.1, 0.15) is 0 Å². The second kappa shape index (κ2) is 4.99. The van der Waals surface area contributed by atoms with Crippen molar-refractivity contribution in [2.45, 2.75) is 26.7 Å². The molecule has 1 aliphatic rings. The monoisotopic (exact) mass is 262 g/mol. The predicted octanol–water partition coefficient (Wildman–Crippen LogP) is 1.58. The Balaban J connectivity index is 2.20. The van der Waals surface area contributed by atoms with Crippen molar-refractivity contribution in [2.75, 3.05) is 13.1 Å². The molecule has 1 atom stereocenters. The van der Waals surface area contributed by atoms with Crippen molar-refractivity contribution < 1.29 is 14.7 Å². The molecular formula is C14H18N2O3. The summed E-state index contributed by atoms with van der Waals surface area (Å²) in [5.74, 6) is -0.933. The largest absolute Gasteiger partial charge is 0.481 e. The highest BCUT2D eigenvalue weighted by Crippen LogP contribution is 2.31. The Morgan fingerprint density at radius 1 is 1.53 bits per heavy atom. The van der Waals surface area contributed by atoms with Crippen LogP contribution >= 0.6 is 0 Å². The van der Waals surface area contributed by atoms with Crippen LogP contribution in [0.2, 0.25) is 0 Å². The van der Waals surface area contributed by atoms with E-state index in [1.54, 1.807) is 30.3 Å². The lowest BCUT2D eigenvalue weighted by molar-refractivity contribution is -0.147. The summed E-state index contributed by atoms with van der Waals surface area (Å²) in [5.41, 5.74) is 0.707. The number of rotatable bonds is 3. The van der Waals surface area contributed by atoms with Gasteiger partial charge in [-0.3, -0.25) is 14.6 Å². The highest BCUT2D eigenvalue weighted by Gasteiger charge is 2.42. The minimum Gasteiger partial charge on any atom is -0.481 e. The number of carbonyl (C=O) groups is 2. The van der Waals surface area contributed by atoms with Gasteiger partial charge in [0.2, 0.25) is 0 Å². The first kappa shape index (κ1) is 13.5. The number of carboxylic acids is 1. The summed E-state index contributed by atoms with van der Waals surface area (Å²) in [5, 5.41) is 9.20. The number of likely N-dealkylation sites (tertiary alicyclic amines) is 1. The SMILES string of the molecule is CCc1cnccc1C(=O)N1CCC(C)(C(=O)O)C1. The first-order valence-electron chi connectivity index (χ1n) is 6.43. The Labute approximate surface area is 112 Å². The molecule has 0 spiro atoms. The molecular weight excluding hydrogens is 244 g/mol. The normalized spacial score (nSPS) is 22.5. The Morgan fingerprint density at radius 2 is 2.26 bits per heavy atom. The number of amides is 1. The first-order valence-corrected chi connectivity index (χ1v) is 6.43. The van der Waals surface area contributed by atoms with Crippen molar-refractivity contribution in [3.63, 3.8) is 0 Å². The van der Waals surface area contributed by atoms with Gasteiger partial charge in [0.05, 0.1) is 5.41 Å². The van der Waals surface area contributed by atoms with E-state index >= 15 is 0 Å². The number of hydrogen-bond donors (Lipinski definition) is 1. The first-order chi connectivity index (χ1) is 8.98. The van der Waals surface area contributed by atoms with Crippen LogP contribution in [0.25, 0.3) is 0 Å². The molecule has 1 aromatic rings. The van der Waals surface area contributed by atoms with E-state index in [1.807, 2.05) is 6.92 Å². The summed E-state index contributed by atoms with van der Waals surface area (Å²) >= 11 is 0. The molecule has 1 amide bonds. The van der Waals surface area contributed by atoms with Gasteiger partial charge >= 0.3 is 5.97 Å². The summed E-state index contributed by atoms with van der Waals surface area (Å²) in [7, 11) is 0. The number of aryl methyl sites for hydroxylation is 1. The summed E-state index contributed by atoms with van der Waals surface area (Å²) in [6.07, 6.45) is 4.53. The second-order valence-corrected chi connectivity index (χ2v) is 5.23. The van der Waals surface area contributed by atoms with Crippen molar-refractivity contribution in [2.24, 2.45) is 5.41 Å². The quantitative estimate of drug-likeness (QED) is 0.897. The van der Waals surface area contributed by atoms with E-state index in [0.717, 1.165) is 12.0 Å². The van der Waals surface area contributed by atoms with Gasteiger partial charge in [-0.2, -0.15) is 0 Å². The van der Waals surface area contributed by atoms with Gasteiger partial charge in [-0.15, -0.1) is 0 Å². The predicted molar refractivity (Wildman–Crippen MR) is 69.9 cm³/mol. The van der Waals surface area contributed by atoms with E-state index in [9.17, 15) is 14.7 Å². The van der Waals surface area contributed by atoms with Crippen LogP contribution < -0.4 is 0 Å². The number of aliphatic carboxylic acids is 1. The minimum absolute atomic E-state index is 0.0933. The molecule has 19 heavy (non-hydrogen) atoms. The fourth-order valence-electron chi connectivity index (χ4n) is 2.40. The van der Waals surface area contributed by atoms with E-state index in [4.69, 9.17) is 0 Å². The standard InChI is InChI=1S/C14H18N2O3/c1-3-10-8-15-6-4-11(10)12(17)16-7-5-14(2,9-16)13(18)19/h4,6,8H,3,5,7,9H2,1-2H3,(H,18,19). The third-order valence-electron chi connectivity index (χ3n) is 3.79. The topological polar surface area (TPSA) is 70.5 Å². The molecule has 0 radical (unpaired) electrons. The number of aromatic nitrogens is 1. The molecule has 1 N–H and O–H groups in total. The van der Waals surface area contributed by atoms with E-state index < -0.39 is 11.4 Å². The van der Waals surface area contributed by atoms with E-state index in [1.165, 1.54) is 0 Å². The zero-order valence-corrected chi connectivity index (χ0v) is 11.2. The lowest BCUT2D eigenvalue weighted by atomic mass is 9.90. The van der Waals surface area contributed by atoms with Crippen LogP contribution in [0.3, 0.4) is 0 Å². The average molecular weight is 262 g/mol. The van der Waals surface area contributed by atoms with Gasteiger partial charge in [-0.1, -0.05) is 6.92 Å². The van der Waals surface area contributed by atoms with E-state index in [-0.39, 0.29) is 12.5 Å². The second-order valence-electron chi connectivity index (χ2n) is 5.23. The average Bonchev–Trinajstić information content (AvgIpc) is 2.82. The van der Waals surface area contributed by atoms with Crippen LogP contribution in [0.15, 0.2) is 18.5 Å². The number of hydrogen-bond acceptors (Lipinski definition) is 3. The van der Waals surface area contributed by atoms with E-state index in [2.05, 4.69) is 4.98 Å². The molecule has 0 bridgehead atoms. The molecule has 5 heteroatoms. The van der Waals surface area contributed by atoms with Crippen molar-refractivity contribution in [3.05, 3.63) is 29.6 Å². The van der Waals surface area contributed by atoms with Gasteiger partial charge in [0.25, 0.3) is 5.91 Å². The van der Waals surface area contributed by atoms with Gasteiger partial charge in [0.15, 0.2) is 0 Å². The molecule has 5 nitrogen and oxygen atoms in total. The molecule has 102 valence electrons. The number of carboxylic acid groups (broad SMARTS) is 1. The van der Waals surface area contributed by atoms with Crippen molar-refractivity contribution in [3.8, 4) is 0 Å². The number of nitrogens with zero attached hydrogens (tertiary/aromatic N) is 2. The summed E-state index contributed by atoms with van der Waals surface area (Å²) in [6.45, 7) is 4.43. The summed E-state index contributed by atoms with van der Waals surface area (Å²) in [6, 6.07) is 1.71. The van der Waals surface area contributed by atoms with Crippen LogP contribution in [0.1, 0.15) is 36.2 Å². The van der Waals surface area contributed by atoms with E-state index in [0.29, 0.717) is 18.5 Å². The molecule has 0 saturated carbocycles. The minimum atomic E-state index is -0.840. The third kappa shape index (κ3) is 2.45. The maximum atomic E-state index is 12.4. The molecule has 0 aliphatic carbocycles. The molecule has 1 unspecified atom stereocenters. The summed E-state index contributed by atoms with van der Waals surface area (Å²) < 4.78 is 0. The zero-order valence-electron chi connectivity index (χ0n) is 11.2. The highest BCUT2D eigenvalue weighted by molar-refractivity contribution is 5.96. The van der Waals surface area contributed by atoms with Crippen molar-refractivity contribution in [1.82, 2.24) is 9.88 Å². The Bertz CT molecular complexity index is 515. The Hall–Kier alpha value is -1.91. The van der Waals surface area contributed by atoms with Gasteiger partial charge in [-0.25, -0.2) is 0 Å². The van der Waals surface area contributed by atoms with Crippen LogP contribution in [0.4, 0.5) is 0 Å². The maximum absolute atomic E-state index is 12.4. The summed E-state index contributed by atoms with van der Waals surface area (Å²) in [4.78, 5) is 29.3. The molecule has 1 fully saturated rings. The van der Waals surface area contributed by atoms with Crippen molar-refractivity contribution in [1.29, 1.82) is 0 Å². The molecule has 2 rings (SSSR count). The van der Waals surface area contributed by atoms with Gasteiger partial charge in [-0.05, 0) is 31.4 Å². The molecule has 1 saturated heterocycles. The molecule has 2 heterocycles. The molecule has 1 aliphatic heterocycles. The maximum Gasteiger partial charge on any atom is 0.311 e. The third-order valence-corrected chi connectivity index (χ3v) is 3.79. The molecule has 1 aromatic heterocycles. The lowest BCUT2D eigenvalue weighted by Gasteiger charge is -2.21. The smallest absolute Gasteiger partial charge is 0.311 e. The van der Waals surface area contributed by atoms with Gasteiger partial charge in [0, 0.05) is 31.0 Å². The Kier molecular flexibility index (Phi) is 3.55. The van der Waals surface area contributed by atoms with Crippen LogP contribution in [-0.2, 0) is 11.2 Å². The number of pyridine rings is 1. The highest BCUT2D eigenvalue weighted by atomic mass is 16.4. The van der Waals surface area contributed by atoms with Crippen LogP contribution in [0.5, 0.6) is 0 Å². The van der Waals surface area contributed by atoms with Crippen molar-refractivity contribution >= 4 is 11.9 Å². The fourth-order valence-corrected chi connectivity index (χ4v) is 2.40. The van der Waals surface area contributed by atoms with Gasteiger partial charge < -0.3 is 10.0 Å². The molecule has 0 aromatic carbocycles. The Morgan fingerprint density at radius 3 is 2.84 bits per heavy atom. The van der Waals surface area contributed by atoms with Crippen LogP contribution in [-0.4, -0.2) is 40.0 Å². The zero-order chi connectivity index (χ0) is 14.0. The lowest BCUT2D eigenvalue weighted by Crippen LogP contribution is -2.35.